The highest BCUT2D eigenvalue weighted by molar-refractivity contribution is 7.10. The van der Waals surface area contributed by atoms with E-state index in [1.54, 1.807) is 11.8 Å². The first-order chi connectivity index (χ1) is 11.0. The molecule has 2 rings (SSSR count). The molecule has 0 bridgehead atoms. The van der Waals surface area contributed by atoms with E-state index in [1.165, 1.54) is 11.3 Å². The van der Waals surface area contributed by atoms with Gasteiger partial charge in [-0.3, -0.25) is 9.59 Å². The number of aliphatic hydroxyl groups is 1. The third kappa shape index (κ3) is 4.54. The predicted octanol–water partition coefficient (Wildman–Crippen LogP) is 2.25. The van der Waals surface area contributed by atoms with Gasteiger partial charge in [-0.2, -0.15) is 0 Å². The van der Waals surface area contributed by atoms with Crippen LogP contribution in [0, 0.1) is 0 Å². The fourth-order valence-electron chi connectivity index (χ4n) is 2.91. The molecule has 0 radical (unpaired) electrons. The maximum absolute atomic E-state index is 12.5. The minimum atomic E-state index is -1.09. The molecule has 5 nitrogen and oxygen atoms in total. The number of nitrogens with zero attached hydrogens (tertiary/aromatic N) is 1. The van der Waals surface area contributed by atoms with E-state index in [9.17, 15) is 14.7 Å². The number of piperidine rings is 1. The first-order valence-corrected chi connectivity index (χ1v) is 9.17. The van der Waals surface area contributed by atoms with Crippen LogP contribution in [0.5, 0.6) is 0 Å². The van der Waals surface area contributed by atoms with Crippen molar-refractivity contribution in [1.82, 2.24) is 10.2 Å². The molecule has 0 aromatic carbocycles. The third-order valence-corrected chi connectivity index (χ3v) is 5.37. The zero-order valence-electron chi connectivity index (χ0n) is 13.9. The van der Waals surface area contributed by atoms with Gasteiger partial charge in [0.05, 0.1) is 6.54 Å². The third-order valence-electron chi connectivity index (χ3n) is 4.25. The molecule has 1 saturated heterocycles. The number of carbonyl (C=O) groups is 2. The monoisotopic (exact) mass is 338 g/mol. The molecule has 1 aliphatic rings. The predicted molar refractivity (Wildman–Crippen MR) is 91.2 cm³/mol. The Balaban J connectivity index is 1.96. The molecule has 2 N–H and O–H groups in total. The average molecular weight is 338 g/mol. The van der Waals surface area contributed by atoms with Crippen molar-refractivity contribution in [2.24, 2.45) is 0 Å². The quantitative estimate of drug-likeness (QED) is 0.836. The average Bonchev–Trinajstić information content (AvgIpc) is 3.08. The Morgan fingerprint density at radius 2 is 2.26 bits per heavy atom. The number of rotatable bonds is 6. The second-order valence-corrected chi connectivity index (χ2v) is 7.27. The molecule has 0 spiro atoms. The lowest BCUT2D eigenvalue weighted by atomic mass is 9.99. The highest BCUT2D eigenvalue weighted by Crippen LogP contribution is 2.25. The fraction of sp³-hybridized carbons (Fsp3) is 0.647. The number of hydrogen-bond donors (Lipinski definition) is 2. The molecule has 1 aromatic heterocycles. The van der Waals surface area contributed by atoms with Gasteiger partial charge in [0, 0.05) is 17.8 Å². The summed E-state index contributed by atoms with van der Waals surface area (Å²) in [5, 5.41) is 15.2. The van der Waals surface area contributed by atoms with Crippen LogP contribution in [0.25, 0.3) is 0 Å². The van der Waals surface area contributed by atoms with Gasteiger partial charge in [-0.05, 0) is 44.1 Å². The molecule has 2 atom stereocenters. The Hall–Kier alpha value is -1.40. The summed E-state index contributed by atoms with van der Waals surface area (Å²) < 4.78 is 0. The Bertz CT molecular complexity index is 528. The summed E-state index contributed by atoms with van der Waals surface area (Å²) in [5.41, 5.74) is -1.09. The lowest BCUT2D eigenvalue weighted by Gasteiger charge is -2.35. The van der Waals surface area contributed by atoms with E-state index < -0.39 is 11.6 Å². The van der Waals surface area contributed by atoms with Gasteiger partial charge in [-0.25, -0.2) is 0 Å². The van der Waals surface area contributed by atoms with Crippen molar-refractivity contribution in [3.8, 4) is 0 Å². The summed E-state index contributed by atoms with van der Waals surface area (Å²) in [5.74, 6) is -0.108. The second kappa shape index (κ2) is 7.93. The smallest absolute Gasteiger partial charge is 0.242 e. The molecule has 1 aliphatic heterocycles. The summed E-state index contributed by atoms with van der Waals surface area (Å²) in [4.78, 5) is 27.3. The van der Waals surface area contributed by atoms with Crippen LogP contribution in [-0.2, 0) is 15.2 Å². The first-order valence-electron chi connectivity index (χ1n) is 8.29. The molecule has 0 aliphatic carbocycles. The van der Waals surface area contributed by atoms with Crippen molar-refractivity contribution in [2.45, 2.75) is 57.6 Å². The van der Waals surface area contributed by atoms with Crippen LogP contribution in [0.1, 0.15) is 50.8 Å². The molecule has 1 fully saturated rings. The molecular formula is C17H26N2O3S. The Morgan fingerprint density at radius 3 is 2.91 bits per heavy atom. The van der Waals surface area contributed by atoms with E-state index in [4.69, 9.17) is 0 Å². The van der Waals surface area contributed by atoms with Crippen molar-refractivity contribution in [1.29, 1.82) is 0 Å². The van der Waals surface area contributed by atoms with Gasteiger partial charge < -0.3 is 15.3 Å². The van der Waals surface area contributed by atoms with Crippen LogP contribution in [0.2, 0.25) is 0 Å². The minimum Gasteiger partial charge on any atom is -0.383 e. The lowest BCUT2D eigenvalue weighted by molar-refractivity contribution is -0.142. The zero-order valence-corrected chi connectivity index (χ0v) is 14.7. The Kier molecular flexibility index (Phi) is 6.18. The number of thiophene rings is 1. The minimum absolute atomic E-state index is 0.0531. The number of amides is 2. The molecule has 2 heterocycles. The molecular weight excluding hydrogens is 312 g/mol. The van der Waals surface area contributed by atoms with Crippen LogP contribution >= 0.6 is 11.3 Å². The van der Waals surface area contributed by atoms with Crippen LogP contribution < -0.4 is 5.32 Å². The molecule has 6 heteroatoms. The molecule has 128 valence electrons. The largest absolute Gasteiger partial charge is 0.383 e. The Morgan fingerprint density at radius 1 is 1.48 bits per heavy atom. The highest BCUT2D eigenvalue weighted by atomic mass is 32.1. The van der Waals surface area contributed by atoms with E-state index >= 15 is 0 Å². The number of nitrogens with one attached hydrogen (secondary N) is 1. The van der Waals surface area contributed by atoms with Crippen LogP contribution in [0.15, 0.2) is 17.5 Å². The lowest BCUT2D eigenvalue weighted by Crippen LogP contribution is -2.53. The van der Waals surface area contributed by atoms with Crippen molar-refractivity contribution in [2.75, 3.05) is 13.1 Å². The summed E-state index contributed by atoms with van der Waals surface area (Å²) in [7, 11) is 0. The maximum Gasteiger partial charge on any atom is 0.242 e. The summed E-state index contributed by atoms with van der Waals surface area (Å²) in [6.07, 6.45) is 3.87. The van der Waals surface area contributed by atoms with Gasteiger partial charge in [-0.15, -0.1) is 11.3 Å². The molecule has 0 saturated carbocycles. The van der Waals surface area contributed by atoms with E-state index in [0.717, 1.165) is 24.1 Å². The van der Waals surface area contributed by atoms with Crippen LogP contribution in [0.3, 0.4) is 0 Å². The van der Waals surface area contributed by atoms with Crippen LogP contribution in [0.4, 0.5) is 0 Å². The Labute approximate surface area is 141 Å². The summed E-state index contributed by atoms with van der Waals surface area (Å²) in [6, 6.07) is 3.33. The van der Waals surface area contributed by atoms with E-state index in [2.05, 4.69) is 5.32 Å². The zero-order chi connectivity index (χ0) is 16.9. The van der Waals surface area contributed by atoms with E-state index in [1.807, 2.05) is 24.4 Å². The highest BCUT2D eigenvalue weighted by Gasteiger charge is 2.33. The van der Waals surface area contributed by atoms with E-state index in [0.29, 0.717) is 19.4 Å². The van der Waals surface area contributed by atoms with Gasteiger partial charge in [0.25, 0.3) is 0 Å². The van der Waals surface area contributed by atoms with Gasteiger partial charge in [-0.1, -0.05) is 13.0 Å². The topological polar surface area (TPSA) is 69.6 Å². The standard InChI is InChI=1S/C17H26N2O3S/c1-3-7-15(20)19-10-5-4-8-13(19)16(21)18-12-17(2,22)14-9-6-11-23-14/h6,9,11,13,22H,3-5,7-8,10,12H2,1-2H3,(H,18,21). The van der Waals surface area contributed by atoms with Crippen molar-refractivity contribution < 1.29 is 14.7 Å². The van der Waals surface area contributed by atoms with Gasteiger partial charge in [0.1, 0.15) is 11.6 Å². The fourth-order valence-corrected chi connectivity index (χ4v) is 3.70. The number of hydrogen-bond acceptors (Lipinski definition) is 4. The van der Waals surface area contributed by atoms with Gasteiger partial charge in [0.2, 0.25) is 11.8 Å². The molecule has 23 heavy (non-hydrogen) atoms. The molecule has 2 unspecified atom stereocenters. The molecule has 1 aromatic rings. The summed E-state index contributed by atoms with van der Waals surface area (Å²) in [6.45, 7) is 4.46. The van der Waals surface area contributed by atoms with Crippen molar-refractivity contribution in [3.05, 3.63) is 22.4 Å². The molecule has 2 amide bonds. The summed E-state index contributed by atoms with van der Waals surface area (Å²) >= 11 is 1.46. The normalized spacial score (nSPS) is 20.8. The SMILES string of the molecule is CCCC(=O)N1CCCCC1C(=O)NCC(C)(O)c1cccs1. The number of carbonyl (C=O) groups excluding carboxylic acids is 2. The van der Waals surface area contributed by atoms with Gasteiger partial charge >= 0.3 is 0 Å². The van der Waals surface area contributed by atoms with E-state index in [-0.39, 0.29) is 18.4 Å². The maximum atomic E-state index is 12.5. The van der Waals surface area contributed by atoms with Crippen LogP contribution in [-0.4, -0.2) is 41.0 Å². The van der Waals surface area contributed by atoms with Crippen molar-refractivity contribution in [3.63, 3.8) is 0 Å². The second-order valence-electron chi connectivity index (χ2n) is 6.32. The van der Waals surface area contributed by atoms with Crippen molar-refractivity contribution >= 4 is 23.2 Å². The number of likely N-dealkylation sites (tertiary alicyclic amines) is 1. The first kappa shape index (κ1) is 17.9. The van der Waals surface area contributed by atoms with Gasteiger partial charge in [0.15, 0.2) is 0 Å².